The molecule has 88 valence electrons. The summed E-state index contributed by atoms with van der Waals surface area (Å²) in [7, 11) is 0. The van der Waals surface area contributed by atoms with Gasteiger partial charge in [0.05, 0.1) is 13.2 Å². The van der Waals surface area contributed by atoms with E-state index in [4.69, 9.17) is 10.5 Å². The molecule has 0 bridgehead atoms. The van der Waals surface area contributed by atoms with Crippen molar-refractivity contribution in [2.45, 2.75) is 13.2 Å². The largest absolute Gasteiger partial charge is 0.399 e. The number of ether oxygens (including phenoxy) is 1. The van der Waals surface area contributed by atoms with Gasteiger partial charge in [0, 0.05) is 10.2 Å². The number of anilines is 1. The maximum Gasteiger partial charge on any atom is 0.0722 e. The Morgan fingerprint density at radius 2 is 1.65 bits per heavy atom. The van der Waals surface area contributed by atoms with Gasteiger partial charge < -0.3 is 10.5 Å². The van der Waals surface area contributed by atoms with Crippen LogP contribution in [0.5, 0.6) is 0 Å². The van der Waals surface area contributed by atoms with Gasteiger partial charge in [-0.2, -0.15) is 0 Å². The molecule has 0 saturated carbocycles. The van der Waals surface area contributed by atoms with E-state index in [0.29, 0.717) is 13.2 Å². The Kier molecular flexibility index (Phi) is 4.18. The van der Waals surface area contributed by atoms with Crippen LogP contribution in [0.4, 0.5) is 5.69 Å². The van der Waals surface area contributed by atoms with Crippen molar-refractivity contribution in [3.8, 4) is 0 Å². The van der Waals surface area contributed by atoms with E-state index >= 15 is 0 Å². The van der Waals surface area contributed by atoms with E-state index < -0.39 is 0 Å². The third kappa shape index (κ3) is 3.88. The summed E-state index contributed by atoms with van der Waals surface area (Å²) >= 11 is 3.40. The Morgan fingerprint density at radius 3 is 2.35 bits per heavy atom. The summed E-state index contributed by atoms with van der Waals surface area (Å²) in [5.74, 6) is 0. The Morgan fingerprint density at radius 1 is 0.941 bits per heavy atom. The van der Waals surface area contributed by atoms with Crippen LogP contribution in [-0.2, 0) is 18.0 Å². The number of nitrogens with two attached hydrogens (primary N) is 1. The van der Waals surface area contributed by atoms with Crippen LogP contribution in [0.15, 0.2) is 53.0 Å². The molecule has 0 unspecified atom stereocenters. The topological polar surface area (TPSA) is 35.2 Å². The summed E-state index contributed by atoms with van der Waals surface area (Å²) in [6, 6.07) is 15.9. The Labute approximate surface area is 110 Å². The van der Waals surface area contributed by atoms with Crippen LogP contribution in [-0.4, -0.2) is 0 Å². The van der Waals surface area contributed by atoms with Crippen molar-refractivity contribution < 1.29 is 4.74 Å². The first kappa shape index (κ1) is 12.1. The predicted molar refractivity (Wildman–Crippen MR) is 73.5 cm³/mol. The second kappa shape index (κ2) is 5.84. The van der Waals surface area contributed by atoms with Crippen molar-refractivity contribution in [3.05, 3.63) is 64.1 Å². The zero-order chi connectivity index (χ0) is 12.1. The van der Waals surface area contributed by atoms with Gasteiger partial charge in [-0.3, -0.25) is 0 Å². The number of nitrogen functional groups attached to an aromatic ring is 1. The maximum atomic E-state index is 5.70. The van der Waals surface area contributed by atoms with E-state index in [2.05, 4.69) is 15.9 Å². The third-order valence-corrected chi connectivity index (χ3v) is 2.93. The molecule has 2 aromatic rings. The van der Waals surface area contributed by atoms with Gasteiger partial charge in [0.15, 0.2) is 0 Å². The molecule has 0 amide bonds. The average molecular weight is 292 g/mol. The van der Waals surface area contributed by atoms with Crippen LogP contribution in [0.25, 0.3) is 0 Å². The lowest BCUT2D eigenvalue weighted by Crippen LogP contribution is -1.95. The third-order valence-electron chi connectivity index (χ3n) is 2.40. The van der Waals surface area contributed by atoms with Crippen LogP contribution in [0.3, 0.4) is 0 Å². The van der Waals surface area contributed by atoms with Crippen molar-refractivity contribution >= 4 is 21.6 Å². The van der Waals surface area contributed by atoms with Gasteiger partial charge >= 0.3 is 0 Å². The average Bonchev–Trinajstić information content (AvgIpc) is 2.32. The van der Waals surface area contributed by atoms with Gasteiger partial charge in [-0.15, -0.1) is 0 Å². The zero-order valence-electron chi connectivity index (χ0n) is 9.40. The van der Waals surface area contributed by atoms with Gasteiger partial charge in [0.25, 0.3) is 0 Å². The molecule has 0 aliphatic carbocycles. The minimum absolute atomic E-state index is 0.584. The fourth-order valence-electron chi connectivity index (χ4n) is 1.55. The molecule has 2 aromatic carbocycles. The number of benzene rings is 2. The summed E-state index contributed by atoms with van der Waals surface area (Å²) in [4.78, 5) is 0. The minimum Gasteiger partial charge on any atom is -0.399 e. The zero-order valence-corrected chi connectivity index (χ0v) is 11.0. The highest BCUT2D eigenvalue weighted by atomic mass is 79.9. The van der Waals surface area contributed by atoms with E-state index in [-0.39, 0.29) is 0 Å². The van der Waals surface area contributed by atoms with Crippen LogP contribution in [0, 0.1) is 0 Å². The van der Waals surface area contributed by atoms with Crippen molar-refractivity contribution in [1.29, 1.82) is 0 Å². The molecule has 0 atom stereocenters. The Hall–Kier alpha value is -1.32. The van der Waals surface area contributed by atoms with Crippen molar-refractivity contribution in [2.24, 2.45) is 0 Å². The molecule has 2 nitrogen and oxygen atoms in total. The number of hydrogen-bond acceptors (Lipinski definition) is 2. The smallest absolute Gasteiger partial charge is 0.0722 e. The molecule has 3 heteroatoms. The molecule has 0 aromatic heterocycles. The normalized spacial score (nSPS) is 10.4. The van der Waals surface area contributed by atoms with E-state index in [1.807, 2.05) is 48.5 Å². The number of halogens is 1. The molecule has 0 aliphatic rings. The molecule has 0 radical (unpaired) electrons. The summed E-state index contributed by atoms with van der Waals surface area (Å²) < 4.78 is 6.71. The predicted octanol–water partition coefficient (Wildman–Crippen LogP) is 3.75. The van der Waals surface area contributed by atoms with E-state index in [1.54, 1.807) is 0 Å². The summed E-state index contributed by atoms with van der Waals surface area (Å²) in [5, 5.41) is 0. The lowest BCUT2D eigenvalue weighted by molar-refractivity contribution is 0.107. The molecule has 0 fully saturated rings. The second-order valence-corrected chi connectivity index (χ2v) is 4.78. The molecule has 17 heavy (non-hydrogen) atoms. The first-order valence-electron chi connectivity index (χ1n) is 5.40. The summed E-state index contributed by atoms with van der Waals surface area (Å²) in [6.07, 6.45) is 0. The second-order valence-electron chi connectivity index (χ2n) is 3.86. The fraction of sp³-hybridized carbons (Fsp3) is 0.143. The van der Waals surface area contributed by atoms with E-state index in [9.17, 15) is 0 Å². The number of rotatable bonds is 4. The van der Waals surface area contributed by atoms with Gasteiger partial charge in [-0.25, -0.2) is 0 Å². The van der Waals surface area contributed by atoms with E-state index in [1.165, 1.54) is 0 Å². The highest BCUT2D eigenvalue weighted by molar-refractivity contribution is 9.10. The van der Waals surface area contributed by atoms with Crippen molar-refractivity contribution in [1.82, 2.24) is 0 Å². The quantitative estimate of drug-likeness (QED) is 0.871. The molecule has 0 heterocycles. The molecular weight excluding hydrogens is 278 g/mol. The fourth-order valence-corrected chi connectivity index (χ4v) is 1.81. The monoisotopic (exact) mass is 291 g/mol. The van der Waals surface area contributed by atoms with Gasteiger partial charge in [0.1, 0.15) is 0 Å². The first-order valence-corrected chi connectivity index (χ1v) is 6.20. The van der Waals surface area contributed by atoms with Crippen LogP contribution in [0.2, 0.25) is 0 Å². The molecule has 2 N–H and O–H groups in total. The standard InChI is InChI=1S/C14H14BrNO/c15-13-6-4-11(5-7-13)9-17-10-12-2-1-3-14(16)8-12/h1-8H,9-10,16H2. The molecule has 2 rings (SSSR count). The van der Waals surface area contributed by atoms with Crippen molar-refractivity contribution in [2.75, 3.05) is 5.73 Å². The van der Waals surface area contributed by atoms with E-state index in [0.717, 1.165) is 21.3 Å². The SMILES string of the molecule is Nc1cccc(COCc2ccc(Br)cc2)c1. The lowest BCUT2D eigenvalue weighted by Gasteiger charge is -2.05. The molecular formula is C14H14BrNO. The first-order chi connectivity index (χ1) is 8.24. The molecule has 0 saturated heterocycles. The van der Waals surface area contributed by atoms with Gasteiger partial charge in [-0.1, -0.05) is 40.2 Å². The summed E-state index contributed by atoms with van der Waals surface area (Å²) in [5.41, 5.74) is 8.73. The van der Waals surface area contributed by atoms with Crippen LogP contribution >= 0.6 is 15.9 Å². The van der Waals surface area contributed by atoms with Gasteiger partial charge in [0.2, 0.25) is 0 Å². The Balaban J connectivity index is 1.85. The number of hydrogen-bond donors (Lipinski definition) is 1. The maximum absolute atomic E-state index is 5.70. The van der Waals surface area contributed by atoms with Crippen LogP contribution in [0.1, 0.15) is 11.1 Å². The lowest BCUT2D eigenvalue weighted by atomic mass is 10.2. The summed E-state index contributed by atoms with van der Waals surface area (Å²) in [6.45, 7) is 1.20. The highest BCUT2D eigenvalue weighted by Crippen LogP contribution is 2.12. The molecule has 0 spiro atoms. The van der Waals surface area contributed by atoms with Crippen molar-refractivity contribution in [3.63, 3.8) is 0 Å². The highest BCUT2D eigenvalue weighted by Gasteiger charge is 1.96. The Bertz CT molecular complexity index is 482. The minimum atomic E-state index is 0.584. The van der Waals surface area contributed by atoms with Gasteiger partial charge in [-0.05, 0) is 35.4 Å². The molecule has 0 aliphatic heterocycles. The van der Waals surface area contributed by atoms with Crippen LogP contribution < -0.4 is 5.73 Å².